The molecule has 0 radical (unpaired) electrons. The minimum Gasteiger partial charge on any atom is -0.454 e. The van der Waals surface area contributed by atoms with Gasteiger partial charge < -0.3 is 20.1 Å². The van der Waals surface area contributed by atoms with Crippen molar-refractivity contribution in [2.24, 2.45) is 4.99 Å². The normalized spacial score (nSPS) is 12.8. The Labute approximate surface area is 176 Å². The van der Waals surface area contributed by atoms with E-state index in [-0.39, 0.29) is 0 Å². The summed E-state index contributed by atoms with van der Waals surface area (Å²) in [5, 5.41) is 11.4. The number of aryl methyl sites for hydroxylation is 2. The minimum atomic E-state index is 0.291. The van der Waals surface area contributed by atoms with Gasteiger partial charge in [-0.1, -0.05) is 24.3 Å². The number of fused-ring (bicyclic) bond motifs is 1. The zero-order valence-corrected chi connectivity index (χ0v) is 17.4. The van der Waals surface area contributed by atoms with Crippen molar-refractivity contribution < 1.29 is 9.47 Å². The lowest BCUT2D eigenvalue weighted by Crippen LogP contribution is -2.37. The first-order valence-electron chi connectivity index (χ1n) is 10.2. The Morgan fingerprint density at radius 2 is 1.93 bits per heavy atom. The largest absolute Gasteiger partial charge is 0.454 e. The van der Waals surface area contributed by atoms with Crippen molar-refractivity contribution in [3.05, 3.63) is 71.5 Å². The van der Waals surface area contributed by atoms with Crippen LogP contribution < -0.4 is 20.1 Å². The summed E-state index contributed by atoms with van der Waals surface area (Å²) in [7, 11) is 1.78. The van der Waals surface area contributed by atoms with Crippen LogP contribution in [0.5, 0.6) is 11.5 Å². The second-order valence-corrected chi connectivity index (χ2v) is 7.16. The van der Waals surface area contributed by atoms with Gasteiger partial charge in [0.1, 0.15) is 0 Å². The molecule has 7 heteroatoms. The van der Waals surface area contributed by atoms with Crippen molar-refractivity contribution in [1.29, 1.82) is 0 Å². The van der Waals surface area contributed by atoms with Gasteiger partial charge in [0.2, 0.25) is 6.79 Å². The number of rotatable bonds is 7. The number of nitrogens with zero attached hydrogens (tertiary/aromatic N) is 3. The molecule has 2 heterocycles. The molecular formula is C23H27N5O2. The van der Waals surface area contributed by atoms with Crippen LogP contribution in [0.25, 0.3) is 5.69 Å². The maximum absolute atomic E-state index is 5.43. The molecule has 2 aromatic carbocycles. The lowest BCUT2D eigenvalue weighted by molar-refractivity contribution is 0.174. The van der Waals surface area contributed by atoms with Gasteiger partial charge >= 0.3 is 0 Å². The molecule has 1 aliphatic heterocycles. The van der Waals surface area contributed by atoms with Crippen LogP contribution in [-0.2, 0) is 13.0 Å². The van der Waals surface area contributed by atoms with E-state index in [4.69, 9.17) is 9.47 Å². The van der Waals surface area contributed by atoms with Crippen LogP contribution in [0.2, 0.25) is 0 Å². The highest BCUT2D eigenvalue weighted by Crippen LogP contribution is 2.32. The Hall–Kier alpha value is -3.48. The summed E-state index contributed by atoms with van der Waals surface area (Å²) in [5.41, 5.74) is 4.54. The van der Waals surface area contributed by atoms with Crippen molar-refractivity contribution in [3.8, 4) is 17.2 Å². The third-order valence-electron chi connectivity index (χ3n) is 5.06. The molecule has 3 aromatic rings. The van der Waals surface area contributed by atoms with Gasteiger partial charge in [-0.15, -0.1) is 0 Å². The summed E-state index contributed by atoms with van der Waals surface area (Å²) in [6.45, 7) is 3.85. The minimum absolute atomic E-state index is 0.291. The SMILES string of the molecule is CN=C(NCCCc1cn(-c2ccccc2)nc1C)NCc1ccc2c(c1)OCO2. The molecule has 0 saturated carbocycles. The lowest BCUT2D eigenvalue weighted by atomic mass is 10.1. The fourth-order valence-electron chi connectivity index (χ4n) is 3.40. The predicted molar refractivity (Wildman–Crippen MR) is 117 cm³/mol. The van der Waals surface area contributed by atoms with Gasteiger partial charge in [-0.2, -0.15) is 5.10 Å². The number of guanidine groups is 1. The summed E-state index contributed by atoms with van der Waals surface area (Å²) in [6, 6.07) is 16.2. The van der Waals surface area contributed by atoms with E-state index in [1.807, 2.05) is 41.1 Å². The molecule has 2 N–H and O–H groups in total. The van der Waals surface area contributed by atoms with E-state index < -0.39 is 0 Å². The van der Waals surface area contributed by atoms with E-state index in [2.05, 4.69) is 46.0 Å². The molecule has 0 unspecified atom stereocenters. The first-order chi connectivity index (χ1) is 14.7. The van der Waals surface area contributed by atoms with Crippen molar-refractivity contribution in [2.45, 2.75) is 26.3 Å². The highest BCUT2D eigenvalue weighted by molar-refractivity contribution is 5.79. The summed E-state index contributed by atoms with van der Waals surface area (Å²) in [5.74, 6) is 2.38. The number of aliphatic imine (C=N–C) groups is 1. The number of nitrogens with one attached hydrogen (secondary N) is 2. The molecule has 1 aliphatic rings. The van der Waals surface area contributed by atoms with Crippen molar-refractivity contribution in [1.82, 2.24) is 20.4 Å². The highest BCUT2D eigenvalue weighted by atomic mass is 16.7. The van der Waals surface area contributed by atoms with Crippen LogP contribution in [0, 0.1) is 6.92 Å². The topological polar surface area (TPSA) is 72.7 Å². The molecule has 0 fully saturated rings. The molecule has 0 saturated heterocycles. The van der Waals surface area contributed by atoms with Crippen LogP contribution in [0.3, 0.4) is 0 Å². The van der Waals surface area contributed by atoms with Crippen molar-refractivity contribution in [3.63, 3.8) is 0 Å². The first-order valence-corrected chi connectivity index (χ1v) is 10.2. The van der Waals surface area contributed by atoms with E-state index in [1.54, 1.807) is 7.05 Å². The molecule has 1 aromatic heterocycles. The Morgan fingerprint density at radius 3 is 2.77 bits per heavy atom. The Bertz CT molecular complexity index is 1010. The van der Waals surface area contributed by atoms with Gasteiger partial charge in [-0.3, -0.25) is 4.99 Å². The number of para-hydroxylation sites is 1. The molecule has 30 heavy (non-hydrogen) atoms. The molecule has 4 rings (SSSR count). The van der Waals surface area contributed by atoms with Gasteiger partial charge in [0, 0.05) is 26.3 Å². The number of benzene rings is 2. The van der Waals surface area contributed by atoms with Crippen molar-refractivity contribution >= 4 is 5.96 Å². The Kier molecular flexibility index (Phi) is 6.17. The molecular weight excluding hydrogens is 378 g/mol. The quantitative estimate of drug-likeness (QED) is 0.359. The zero-order valence-electron chi connectivity index (χ0n) is 17.4. The molecule has 0 spiro atoms. The Morgan fingerprint density at radius 1 is 1.10 bits per heavy atom. The number of hydrogen-bond donors (Lipinski definition) is 2. The second-order valence-electron chi connectivity index (χ2n) is 7.16. The number of ether oxygens (including phenoxy) is 2. The fraction of sp³-hybridized carbons (Fsp3) is 0.304. The van der Waals surface area contributed by atoms with Gasteiger partial charge in [0.25, 0.3) is 0 Å². The lowest BCUT2D eigenvalue weighted by Gasteiger charge is -2.12. The molecule has 0 amide bonds. The van der Waals surface area contributed by atoms with Gasteiger partial charge in [0.15, 0.2) is 17.5 Å². The predicted octanol–water partition coefficient (Wildman–Crippen LogP) is 3.21. The van der Waals surface area contributed by atoms with E-state index >= 15 is 0 Å². The first kappa shape index (κ1) is 19.8. The standard InChI is InChI=1S/C23H27N5O2/c1-17-19(15-28(27-17)20-8-4-3-5-9-20)7-6-12-25-23(24-2)26-14-18-10-11-21-22(13-18)30-16-29-21/h3-5,8-11,13,15H,6-7,12,14,16H2,1-2H3,(H2,24,25,26). The smallest absolute Gasteiger partial charge is 0.231 e. The molecule has 0 bridgehead atoms. The van der Waals surface area contributed by atoms with E-state index in [0.29, 0.717) is 13.3 Å². The third-order valence-corrected chi connectivity index (χ3v) is 5.06. The van der Waals surface area contributed by atoms with Crippen LogP contribution in [0.15, 0.2) is 59.7 Å². The Balaban J connectivity index is 1.23. The summed E-state index contributed by atoms with van der Waals surface area (Å²) in [6.07, 6.45) is 4.08. The summed E-state index contributed by atoms with van der Waals surface area (Å²) >= 11 is 0. The van der Waals surface area contributed by atoms with Gasteiger partial charge in [-0.25, -0.2) is 4.68 Å². The zero-order chi connectivity index (χ0) is 20.8. The molecule has 156 valence electrons. The summed E-state index contributed by atoms with van der Waals surface area (Å²) in [4.78, 5) is 4.30. The maximum atomic E-state index is 5.43. The average molecular weight is 406 g/mol. The highest BCUT2D eigenvalue weighted by Gasteiger charge is 2.13. The average Bonchev–Trinajstić information content (AvgIpc) is 3.40. The maximum Gasteiger partial charge on any atom is 0.231 e. The van der Waals surface area contributed by atoms with Crippen LogP contribution in [0.1, 0.15) is 23.2 Å². The number of hydrogen-bond acceptors (Lipinski definition) is 4. The van der Waals surface area contributed by atoms with E-state index in [9.17, 15) is 0 Å². The third kappa shape index (κ3) is 4.74. The monoisotopic (exact) mass is 405 g/mol. The molecule has 7 nitrogen and oxygen atoms in total. The number of aromatic nitrogens is 2. The molecule has 0 aliphatic carbocycles. The van der Waals surface area contributed by atoms with Gasteiger partial charge in [-0.05, 0) is 55.2 Å². The van der Waals surface area contributed by atoms with E-state index in [1.165, 1.54) is 5.56 Å². The van der Waals surface area contributed by atoms with Crippen molar-refractivity contribution in [2.75, 3.05) is 20.4 Å². The summed E-state index contributed by atoms with van der Waals surface area (Å²) < 4.78 is 12.7. The fourth-order valence-corrected chi connectivity index (χ4v) is 3.40. The van der Waals surface area contributed by atoms with Gasteiger partial charge in [0.05, 0.1) is 11.4 Å². The van der Waals surface area contributed by atoms with Crippen LogP contribution in [-0.4, -0.2) is 36.1 Å². The second kappa shape index (κ2) is 9.35. The van der Waals surface area contributed by atoms with Crippen LogP contribution in [0.4, 0.5) is 0 Å². The molecule has 0 atom stereocenters. The van der Waals surface area contributed by atoms with Crippen LogP contribution >= 0.6 is 0 Å². The van der Waals surface area contributed by atoms with E-state index in [0.717, 1.165) is 53.8 Å².